The van der Waals surface area contributed by atoms with E-state index in [1.54, 1.807) is 13.0 Å². The molecule has 0 aromatic heterocycles. The lowest BCUT2D eigenvalue weighted by molar-refractivity contribution is -0.111. The molecule has 1 aromatic carbocycles. The molecule has 0 N–H and O–H groups in total. The van der Waals surface area contributed by atoms with Gasteiger partial charge in [-0.3, -0.25) is 4.79 Å². The molecule has 0 aliphatic heterocycles. The summed E-state index contributed by atoms with van der Waals surface area (Å²) in [6, 6.07) is 9.94. The van der Waals surface area contributed by atoms with Crippen molar-refractivity contribution in [3.63, 3.8) is 0 Å². The number of allylic oxidation sites excluding steroid dienone is 4. The van der Waals surface area contributed by atoms with E-state index < -0.39 is 0 Å². The van der Waals surface area contributed by atoms with E-state index in [0.29, 0.717) is 5.57 Å². The maximum atomic E-state index is 11.1. The maximum Gasteiger partial charge on any atom is 0.180 e. The van der Waals surface area contributed by atoms with Crippen molar-refractivity contribution in [2.24, 2.45) is 0 Å². The van der Waals surface area contributed by atoms with Gasteiger partial charge in [-0.1, -0.05) is 55.1 Å². The van der Waals surface area contributed by atoms with Crippen molar-refractivity contribution < 1.29 is 4.79 Å². The second-order valence-corrected chi connectivity index (χ2v) is 3.19. The fraction of sp³-hybridized carbons (Fsp3) is 0.0714. The van der Waals surface area contributed by atoms with E-state index in [1.807, 2.05) is 42.5 Å². The molecule has 15 heavy (non-hydrogen) atoms. The Kier molecular flexibility index (Phi) is 4.30. The molecule has 0 aliphatic carbocycles. The largest absolute Gasteiger partial charge is 0.290 e. The Hall–Kier alpha value is -1.89. The molecule has 0 heterocycles. The molecule has 0 unspecified atom stereocenters. The molecule has 0 spiro atoms. The van der Waals surface area contributed by atoms with Gasteiger partial charge in [-0.05, 0) is 24.1 Å². The first kappa shape index (κ1) is 11.2. The van der Waals surface area contributed by atoms with Gasteiger partial charge in [0.15, 0.2) is 5.78 Å². The van der Waals surface area contributed by atoms with Crippen LogP contribution in [0.5, 0.6) is 0 Å². The summed E-state index contributed by atoms with van der Waals surface area (Å²) in [5, 5.41) is 0. The quantitative estimate of drug-likeness (QED) is 0.535. The third kappa shape index (κ3) is 3.77. The first-order chi connectivity index (χ1) is 7.24. The minimum Gasteiger partial charge on any atom is -0.290 e. The zero-order valence-corrected chi connectivity index (χ0v) is 8.81. The first-order valence-corrected chi connectivity index (χ1v) is 4.81. The fourth-order valence-electron chi connectivity index (χ4n) is 1.11. The molecular formula is C14H14O. The Bertz CT molecular complexity index is 397. The lowest BCUT2D eigenvalue weighted by Gasteiger charge is -1.91. The van der Waals surface area contributed by atoms with Gasteiger partial charge in [-0.15, -0.1) is 0 Å². The van der Waals surface area contributed by atoms with Gasteiger partial charge in [0.25, 0.3) is 0 Å². The van der Waals surface area contributed by atoms with Crippen molar-refractivity contribution in [3.8, 4) is 0 Å². The lowest BCUT2D eigenvalue weighted by Crippen LogP contribution is -1.91. The summed E-state index contributed by atoms with van der Waals surface area (Å²) >= 11 is 0. The number of hydrogen-bond acceptors (Lipinski definition) is 1. The van der Waals surface area contributed by atoms with Gasteiger partial charge in [0, 0.05) is 0 Å². The molecular weight excluding hydrogens is 184 g/mol. The molecule has 0 radical (unpaired) electrons. The summed E-state index contributed by atoms with van der Waals surface area (Å²) in [7, 11) is 0. The summed E-state index contributed by atoms with van der Waals surface area (Å²) < 4.78 is 0. The van der Waals surface area contributed by atoms with E-state index in [4.69, 9.17) is 0 Å². The highest BCUT2D eigenvalue weighted by molar-refractivity contribution is 6.03. The number of hydrogen-bond donors (Lipinski definition) is 0. The summed E-state index contributed by atoms with van der Waals surface area (Å²) in [6.07, 6.45) is 6.94. The minimum absolute atomic E-state index is 0.0345. The third-order valence-electron chi connectivity index (χ3n) is 2.01. The molecule has 0 bridgehead atoms. The fourth-order valence-corrected chi connectivity index (χ4v) is 1.11. The zero-order chi connectivity index (χ0) is 11.1. The summed E-state index contributed by atoms with van der Waals surface area (Å²) in [5.41, 5.74) is 1.81. The Morgan fingerprint density at radius 2 is 1.93 bits per heavy atom. The van der Waals surface area contributed by atoms with Crippen LogP contribution in [0.15, 0.2) is 60.7 Å². The highest BCUT2D eigenvalue weighted by atomic mass is 16.1. The zero-order valence-electron chi connectivity index (χ0n) is 8.81. The number of carbonyl (C=O) groups is 1. The topological polar surface area (TPSA) is 17.1 Å². The van der Waals surface area contributed by atoms with Crippen molar-refractivity contribution in [2.45, 2.75) is 6.92 Å². The van der Waals surface area contributed by atoms with E-state index in [1.165, 1.54) is 6.08 Å². The number of rotatable bonds is 4. The average Bonchev–Trinajstić information content (AvgIpc) is 2.29. The van der Waals surface area contributed by atoms with Crippen LogP contribution in [-0.2, 0) is 4.79 Å². The van der Waals surface area contributed by atoms with Gasteiger partial charge in [0.1, 0.15) is 0 Å². The Morgan fingerprint density at radius 3 is 2.53 bits per heavy atom. The number of carbonyl (C=O) groups excluding carboxylic acids is 1. The maximum absolute atomic E-state index is 11.1. The molecule has 0 saturated carbocycles. The molecule has 0 amide bonds. The standard InChI is InChI=1S/C14H14O/c1-3-14(15)12(2)8-7-11-13-9-5-4-6-10-13/h3-11H,1H2,2H3/b11-7+,12-8-. The predicted molar refractivity (Wildman–Crippen MR) is 64.4 cm³/mol. The minimum atomic E-state index is -0.0345. The van der Waals surface area contributed by atoms with E-state index >= 15 is 0 Å². The van der Waals surface area contributed by atoms with Crippen molar-refractivity contribution in [2.75, 3.05) is 0 Å². The van der Waals surface area contributed by atoms with Crippen molar-refractivity contribution in [1.82, 2.24) is 0 Å². The molecule has 1 heteroatoms. The van der Waals surface area contributed by atoms with E-state index in [-0.39, 0.29) is 5.78 Å². The third-order valence-corrected chi connectivity index (χ3v) is 2.01. The van der Waals surface area contributed by atoms with Crippen LogP contribution in [-0.4, -0.2) is 5.78 Å². The number of benzene rings is 1. The SMILES string of the molecule is C=CC(=O)/C(C)=C\C=C\c1ccccc1. The van der Waals surface area contributed by atoms with Crippen LogP contribution in [0.2, 0.25) is 0 Å². The van der Waals surface area contributed by atoms with E-state index in [9.17, 15) is 4.79 Å². The molecule has 0 aliphatic rings. The van der Waals surface area contributed by atoms with Crippen LogP contribution < -0.4 is 0 Å². The van der Waals surface area contributed by atoms with Crippen LogP contribution in [0, 0.1) is 0 Å². The van der Waals surface area contributed by atoms with Crippen LogP contribution in [0.3, 0.4) is 0 Å². The molecule has 1 nitrogen and oxygen atoms in total. The molecule has 0 saturated heterocycles. The average molecular weight is 198 g/mol. The predicted octanol–water partition coefficient (Wildman–Crippen LogP) is 3.40. The molecule has 0 atom stereocenters. The van der Waals surface area contributed by atoms with Gasteiger partial charge in [0.2, 0.25) is 0 Å². The number of ketones is 1. The second-order valence-electron chi connectivity index (χ2n) is 3.19. The van der Waals surface area contributed by atoms with Crippen LogP contribution in [0.25, 0.3) is 6.08 Å². The molecule has 1 aromatic rings. The Morgan fingerprint density at radius 1 is 1.27 bits per heavy atom. The van der Waals surface area contributed by atoms with Gasteiger partial charge < -0.3 is 0 Å². The highest BCUT2D eigenvalue weighted by Crippen LogP contribution is 2.02. The van der Waals surface area contributed by atoms with Crippen molar-refractivity contribution in [3.05, 3.63) is 66.3 Å². The van der Waals surface area contributed by atoms with Crippen LogP contribution >= 0.6 is 0 Å². The molecule has 0 fully saturated rings. The van der Waals surface area contributed by atoms with Gasteiger partial charge >= 0.3 is 0 Å². The van der Waals surface area contributed by atoms with Crippen LogP contribution in [0.4, 0.5) is 0 Å². The summed E-state index contributed by atoms with van der Waals surface area (Å²) in [4.78, 5) is 11.1. The monoisotopic (exact) mass is 198 g/mol. The summed E-state index contributed by atoms with van der Waals surface area (Å²) in [5.74, 6) is -0.0345. The van der Waals surface area contributed by atoms with E-state index in [2.05, 4.69) is 6.58 Å². The lowest BCUT2D eigenvalue weighted by atomic mass is 10.1. The van der Waals surface area contributed by atoms with Gasteiger partial charge in [-0.25, -0.2) is 0 Å². The normalized spacial score (nSPS) is 11.7. The summed E-state index contributed by atoms with van der Waals surface area (Å²) in [6.45, 7) is 5.21. The van der Waals surface area contributed by atoms with Crippen LogP contribution in [0.1, 0.15) is 12.5 Å². The highest BCUT2D eigenvalue weighted by Gasteiger charge is 1.94. The van der Waals surface area contributed by atoms with Gasteiger partial charge in [-0.2, -0.15) is 0 Å². The molecule has 1 rings (SSSR count). The van der Waals surface area contributed by atoms with Crippen molar-refractivity contribution in [1.29, 1.82) is 0 Å². The van der Waals surface area contributed by atoms with Gasteiger partial charge in [0.05, 0.1) is 0 Å². The second kappa shape index (κ2) is 5.76. The smallest absolute Gasteiger partial charge is 0.180 e. The first-order valence-electron chi connectivity index (χ1n) is 4.81. The Labute approximate surface area is 90.4 Å². The van der Waals surface area contributed by atoms with Crippen molar-refractivity contribution >= 4 is 11.9 Å². The molecule has 76 valence electrons. The van der Waals surface area contributed by atoms with E-state index in [0.717, 1.165) is 5.56 Å². The Balaban J connectivity index is 2.68.